The predicted molar refractivity (Wildman–Crippen MR) is 80.9 cm³/mol. The van der Waals surface area contributed by atoms with Gasteiger partial charge in [-0.25, -0.2) is 4.79 Å². The Morgan fingerprint density at radius 3 is 2.57 bits per heavy atom. The van der Waals surface area contributed by atoms with Gasteiger partial charge < -0.3 is 10.0 Å². The molecular formula is C15H18FNO5S. The van der Waals surface area contributed by atoms with Crippen LogP contribution in [0.3, 0.4) is 0 Å². The fraction of sp³-hybridized carbons (Fsp3) is 0.467. The first-order chi connectivity index (χ1) is 10.8. The summed E-state index contributed by atoms with van der Waals surface area (Å²) in [7, 11) is -4.68. The molecule has 1 aromatic rings. The summed E-state index contributed by atoms with van der Waals surface area (Å²) >= 11 is 0. The molecule has 1 amide bonds. The van der Waals surface area contributed by atoms with Crippen LogP contribution >= 0.6 is 0 Å². The molecule has 0 radical (unpaired) electrons. The van der Waals surface area contributed by atoms with Gasteiger partial charge in [-0.2, -0.15) is 8.42 Å². The zero-order valence-corrected chi connectivity index (χ0v) is 13.2. The van der Waals surface area contributed by atoms with Crippen molar-refractivity contribution in [3.8, 4) is 0 Å². The van der Waals surface area contributed by atoms with Crippen molar-refractivity contribution in [2.45, 2.75) is 25.3 Å². The third kappa shape index (κ3) is 5.02. The van der Waals surface area contributed by atoms with Gasteiger partial charge in [0.1, 0.15) is 6.04 Å². The van der Waals surface area contributed by atoms with E-state index in [2.05, 4.69) is 0 Å². The summed E-state index contributed by atoms with van der Waals surface area (Å²) < 4.78 is 34.2. The highest BCUT2D eigenvalue weighted by Gasteiger charge is 2.39. The monoisotopic (exact) mass is 343 g/mol. The number of carbonyl (C=O) groups is 2. The summed E-state index contributed by atoms with van der Waals surface area (Å²) in [6.07, 6.45) is 0.562. The fourth-order valence-corrected chi connectivity index (χ4v) is 3.65. The maximum atomic E-state index is 12.8. The average Bonchev–Trinajstić information content (AvgIpc) is 2.78. The highest BCUT2D eigenvalue weighted by Crippen LogP contribution is 2.24. The smallest absolute Gasteiger partial charge is 0.326 e. The van der Waals surface area contributed by atoms with Crippen molar-refractivity contribution < 1.29 is 27.0 Å². The second-order valence-electron chi connectivity index (χ2n) is 5.70. The molecule has 1 aliphatic rings. The number of halogens is 1. The molecule has 1 saturated heterocycles. The number of benzene rings is 1. The molecular weight excluding hydrogens is 325 g/mol. The number of hydrogen-bond acceptors (Lipinski definition) is 4. The fourth-order valence-electron chi connectivity index (χ4n) is 2.86. The van der Waals surface area contributed by atoms with E-state index in [0.717, 1.165) is 10.5 Å². The average molecular weight is 343 g/mol. The SMILES string of the molecule is O=C(O)C(CCc1ccccc1)N1CC(CS(=O)(=O)F)CC1=O. The maximum absolute atomic E-state index is 12.8. The van der Waals surface area contributed by atoms with Crippen molar-refractivity contribution in [1.29, 1.82) is 0 Å². The Morgan fingerprint density at radius 2 is 2.00 bits per heavy atom. The van der Waals surface area contributed by atoms with Crippen LogP contribution in [0.1, 0.15) is 18.4 Å². The molecule has 126 valence electrons. The molecule has 2 rings (SSSR count). The molecule has 0 bridgehead atoms. The van der Waals surface area contributed by atoms with Gasteiger partial charge >= 0.3 is 16.2 Å². The predicted octanol–water partition coefficient (Wildman–Crippen LogP) is 1.22. The van der Waals surface area contributed by atoms with Crippen LogP contribution in [-0.2, 0) is 26.2 Å². The van der Waals surface area contributed by atoms with E-state index in [9.17, 15) is 27.0 Å². The zero-order chi connectivity index (χ0) is 17.0. The quantitative estimate of drug-likeness (QED) is 0.752. The van der Waals surface area contributed by atoms with Gasteiger partial charge in [0.15, 0.2) is 0 Å². The summed E-state index contributed by atoms with van der Waals surface area (Å²) in [5, 5.41) is 9.36. The van der Waals surface area contributed by atoms with E-state index < -0.39 is 39.8 Å². The minimum absolute atomic E-state index is 0.0479. The molecule has 1 aliphatic heterocycles. The number of carboxylic acid groups (broad SMARTS) is 1. The Hall–Kier alpha value is -1.96. The van der Waals surface area contributed by atoms with Crippen LogP contribution in [0.5, 0.6) is 0 Å². The number of rotatable bonds is 7. The molecule has 0 aromatic heterocycles. The van der Waals surface area contributed by atoms with E-state index in [0.29, 0.717) is 6.42 Å². The summed E-state index contributed by atoms with van der Waals surface area (Å²) in [6, 6.07) is 8.23. The summed E-state index contributed by atoms with van der Waals surface area (Å²) in [6.45, 7) is -0.0479. The van der Waals surface area contributed by atoms with E-state index in [1.165, 1.54) is 0 Å². The lowest BCUT2D eigenvalue weighted by molar-refractivity contribution is -0.148. The first-order valence-electron chi connectivity index (χ1n) is 7.25. The van der Waals surface area contributed by atoms with Crippen molar-refractivity contribution in [1.82, 2.24) is 4.90 Å². The first-order valence-corrected chi connectivity index (χ1v) is 8.80. The summed E-state index contributed by atoms with van der Waals surface area (Å²) in [4.78, 5) is 24.6. The number of carbonyl (C=O) groups excluding carboxylic acids is 1. The minimum atomic E-state index is -4.68. The Morgan fingerprint density at radius 1 is 1.35 bits per heavy atom. The van der Waals surface area contributed by atoms with E-state index in [-0.39, 0.29) is 19.4 Å². The number of nitrogens with zero attached hydrogens (tertiary/aromatic N) is 1. The van der Waals surface area contributed by atoms with E-state index in [4.69, 9.17) is 0 Å². The number of aryl methyl sites for hydroxylation is 1. The van der Waals surface area contributed by atoms with Crippen molar-refractivity contribution in [2.24, 2.45) is 5.92 Å². The van der Waals surface area contributed by atoms with Gasteiger partial charge in [-0.05, 0) is 18.4 Å². The zero-order valence-electron chi connectivity index (χ0n) is 12.4. The third-order valence-corrected chi connectivity index (χ3v) is 4.75. The molecule has 0 saturated carbocycles. The Kier molecular flexibility index (Phi) is 5.35. The number of aliphatic carboxylic acids is 1. The molecule has 8 heteroatoms. The molecule has 1 heterocycles. The van der Waals surface area contributed by atoms with Crippen LogP contribution in [-0.4, -0.2) is 48.6 Å². The highest BCUT2D eigenvalue weighted by atomic mass is 32.3. The number of amides is 1. The molecule has 0 spiro atoms. The molecule has 1 N–H and O–H groups in total. The van der Waals surface area contributed by atoms with E-state index in [1.807, 2.05) is 30.3 Å². The third-order valence-electron chi connectivity index (χ3n) is 3.88. The lowest BCUT2D eigenvalue weighted by atomic mass is 10.0. The highest BCUT2D eigenvalue weighted by molar-refractivity contribution is 7.86. The van der Waals surface area contributed by atoms with Crippen molar-refractivity contribution in [3.05, 3.63) is 35.9 Å². The van der Waals surface area contributed by atoms with E-state index in [1.54, 1.807) is 0 Å². The van der Waals surface area contributed by atoms with Crippen LogP contribution in [0.25, 0.3) is 0 Å². The Bertz CT molecular complexity index is 676. The molecule has 23 heavy (non-hydrogen) atoms. The van der Waals surface area contributed by atoms with Gasteiger partial charge in [0.2, 0.25) is 5.91 Å². The van der Waals surface area contributed by atoms with Gasteiger partial charge in [0, 0.05) is 18.9 Å². The number of hydrogen-bond donors (Lipinski definition) is 1. The molecule has 6 nitrogen and oxygen atoms in total. The van der Waals surface area contributed by atoms with E-state index >= 15 is 0 Å². The largest absolute Gasteiger partial charge is 0.480 e. The molecule has 1 aromatic carbocycles. The van der Waals surface area contributed by atoms with Crippen LogP contribution in [0.2, 0.25) is 0 Å². The number of likely N-dealkylation sites (tertiary alicyclic amines) is 1. The Labute approximate surface area is 134 Å². The van der Waals surface area contributed by atoms with Crippen LogP contribution in [0.4, 0.5) is 3.89 Å². The summed E-state index contributed by atoms with van der Waals surface area (Å²) in [5.41, 5.74) is 0.952. The van der Waals surface area contributed by atoms with Gasteiger partial charge in [-0.3, -0.25) is 4.79 Å². The topological polar surface area (TPSA) is 91.8 Å². The van der Waals surface area contributed by atoms with Gasteiger partial charge in [0.25, 0.3) is 0 Å². The van der Waals surface area contributed by atoms with Gasteiger partial charge in [-0.1, -0.05) is 30.3 Å². The molecule has 1 fully saturated rings. The molecule has 0 aliphatic carbocycles. The van der Waals surface area contributed by atoms with Crippen molar-refractivity contribution >= 4 is 22.1 Å². The van der Waals surface area contributed by atoms with Gasteiger partial charge in [-0.15, -0.1) is 3.89 Å². The van der Waals surface area contributed by atoms with Crippen molar-refractivity contribution in [2.75, 3.05) is 12.3 Å². The van der Waals surface area contributed by atoms with Gasteiger partial charge in [0.05, 0.1) is 5.75 Å². The molecule has 2 unspecified atom stereocenters. The number of carboxylic acids is 1. The standard InChI is InChI=1S/C15H18FNO5S/c16-23(21,22)10-12-8-14(18)17(9-12)13(15(19)20)7-6-11-4-2-1-3-5-11/h1-5,12-13H,6-10H2,(H,19,20). The maximum Gasteiger partial charge on any atom is 0.326 e. The van der Waals surface area contributed by atoms with Crippen LogP contribution in [0.15, 0.2) is 30.3 Å². The second kappa shape index (κ2) is 7.08. The first kappa shape index (κ1) is 17.4. The minimum Gasteiger partial charge on any atom is -0.480 e. The normalized spacial score (nSPS) is 19.8. The van der Waals surface area contributed by atoms with Crippen molar-refractivity contribution in [3.63, 3.8) is 0 Å². The Balaban J connectivity index is 2.03. The van der Waals surface area contributed by atoms with Crippen LogP contribution in [0, 0.1) is 5.92 Å². The second-order valence-corrected chi connectivity index (χ2v) is 7.11. The van der Waals surface area contributed by atoms with Crippen LogP contribution < -0.4 is 0 Å². The lowest BCUT2D eigenvalue weighted by Crippen LogP contribution is -2.42. The lowest BCUT2D eigenvalue weighted by Gasteiger charge is -2.24. The summed E-state index contributed by atoms with van der Waals surface area (Å²) in [5.74, 6) is -3.03. The molecule has 2 atom stereocenters.